The standard InChI is InChI=1S/C11H19N3/c1-4-14-10(8(2)3)9(7-13-14)11(12)5-6-11/h7-8H,4-6,12H2,1-3H3. The van der Waals surface area contributed by atoms with E-state index >= 15 is 0 Å². The van der Waals surface area contributed by atoms with Gasteiger partial charge >= 0.3 is 0 Å². The lowest BCUT2D eigenvalue weighted by atomic mass is 9.99. The Labute approximate surface area is 85.3 Å². The molecule has 3 nitrogen and oxygen atoms in total. The molecule has 0 atom stereocenters. The molecule has 1 aliphatic carbocycles. The molecule has 0 aromatic carbocycles. The minimum absolute atomic E-state index is 0.0486. The van der Waals surface area contributed by atoms with E-state index in [0.29, 0.717) is 5.92 Å². The maximum atomic E-state index is 6.22. The Balaban J connectivity index is 2.45. The van der Waals surface area contributed by atoms with Crippen LogP contribution in [-0.4, -0.2) is 9.78 Å². The Kier molecular flexibility index (Phi) is 2.14. The van der Waals surface area contributed by atoms with E-state index in [0.717, 1.165) is 19.4 Å². The Morgan fingerprint density at radius 2 is 2.21 bits per heavy atom. The van der Waals surface area contributed by atoms with E-state index in [9.17, 15) is 0 Å². The number of nitrogens with two attached hydrogens (primary N) is 1. The first-order chi connectivity index (χ1) is 6.58. The lowest BCUT2D eigenvalue weighted by Gasteiger charge is -2.14. The molecule has 0 unspecified atom stereocenters. The summed E-state index contributed by atoms with van der Waals surface area (Å²) in [7, 11) is 0. The summed E-state index contributed by atoms with van der Waals surface area (Å²) in [5.41, 5.74) is 8.77. The molecule has 1 aromatic rings. The molecular formula is C11H19N3. The summed E-state index contributed by atoms with van der Waals surface area (Å²) in [6, 6.07) is 0. The van der Waals surface area contributed by atoms with Crippen LogP contribution in [0.4, 0.5) is 0 Å². The number of hydrogen-bond acceptors (Lipinski definition) is 2. The highest BCUT2D eigenvalue weighted by Crippen LogP contribution is 2.45. The topological polar surface area (TPSA) is 43.8 Å². The van der Waals surface area contributed by atoms with Crippen LogP contribution in [0, 0.1) is 0 Å². The Hall–Kier alpha value is -0.830. The van der Waals surface area contributed by atoms with Crippen molar-refractivity contribution in [3.8, 4) is 0 Å². The maximum absolute atomic E-state index is 6.22. The number of rotatable bonds is 3. The highest BCUT2D eigenvalue weighted by molar-refractivity contribution is 5.33. The van der Waals surface area contributed by atoms with Crippen molar-refractivity contribution >= 4 is 0 Å². The Bertz CT molecular complexity index is 334. The van der Waals surface area contributed by atoms with Crippen LogP contribution in [-0.2, 0) is 12.1 Å². The molecule has 14 heavy (non-hydrogen) atoms. The molecule has 0 bridgehead atoms. The molecule has 78 valence electrons. The fourth-order valence-corrected chi connectivity index (χ4v) is 2.04. The van der Waals surface area contributed by atoms with Gasteiger partial charge in [0.15, 0.2) is 0 Å². The van der Waals surface area contributed by atoms with Gasteiger partial charge in [-0.3, -0.25) is 4.68 Å². The van der Waals surface area contributed by atoms with Crippen LogP contribution in [0.1, 0.15) is 50.8 Å². The van der Waals surface area contributed by atoms with Crippen molar-refractivity contribution < 1.29 is 0 Å². The summed E-state index contributed by atoms with van der Waals surface area (Å²) < 4.78 is 2.08. The van der Waals surface area contributed by atoms with Gasteiger partial charge in [-0.25, -0.2) is 0 Å². The highest BCUT2D eigenvalue weighted by Gasteiger charge is 2.43. The second-order valence-electron chi connectivity index (χ2n) is 4.57. The second-order valence-corrected chi connectivity index (χ2v) is 4.57. The van der Waals surface area contributed by atoms with Crippen LogP contribution in [0.5, 0.6) is 0 Å². The molecule has 1 saturated carbocycles. The minimum Gasteiger partial charge on any atom is -0.321 e. The predicted octanol–water partition coefficient (Wildman–Crippen LogP) is 1.97. The SMILES string of the molecule is CCn1ncc(C2(N)CC2)c1C(C)C. The van der Waals surface area contributed by atoms with Crippen molar-refractivity contribution in [1.82, 2.24) is 9.78 Å². The molecular weight excluding hydrogens is 174 g/mol. The van der Waals surface area contributed by atoms with Crippen molar-refractivity contribution in [3.63, 3.8) is 0 Å². The van der Waals surface area contributed by atoms with Crippen LogP contribution in [0.3, 0.4) is 0 Å². The van der Waals surface area contributed by atoms with E-state index < -0.39 is 0 Å². The highest BCUT2D eigenvalue weighted by atomic mass is 15.3. The van der Waals surface area contributed by atoms with E-state index in [1.165, 1.54) is 11.3 Å². The molecule has 0 spiro atoms. The van der Waals surface area contributed by atoms with Crippen LogP contribution in [0.2, 0.25) is 0 Å². The first-order valence-corrected chi connectivity index (χ1v) is 5.43. The fraction of sp³-hybridized carbons (Fsp3) is 0.727. The minimum atomic E-state index is -0.0486. The lowest BCUT2D eigenvalue weighted by molar-refractivity contribution is 0.587. The van der Waals surface area contributed by atoms with Crippen molar-refractivity contribution in [1.29, 1.82) is 0 Å². The zero-order valence-corrected chi connectivity index (χ0v) is 9.25. The quantitative estimate of drug-likeness (QED) is 0.797. The maximum Gasteiger partial charge on any atom is 0.0543 e. The largest absolute Gasteiger partial charge is 0.321 e. The number of aryl methyl sites for hydroxylation is 1. The number of nitrogens with zero attached hydrogens (tertiary/aromatic N) is 2. The van der Waals surface area contributed by atoms with E-state index in [1.807, 2.05) is 6.20 Å². The summed E-state index contributed by atoms with van der Waals surface area (Å²) in [4.78, 5) is 0. The van der Waals surface area contributed by atoms with Gasteiger partial charge in [-0.2, -0.15) is 5.10 Å². The summed E-state index contributed by atoms with van der Waals surface area (Å²) in [6.45, 7) is 7.47. The van der Waals surface area contributed by atoms with E-state index in [2.05, 4.69) is 30.6 Å². The molecule has 1 heterocycles. The molecule has 2 rings (SSSR count). The van der Waals surface area contributed by atoms with Crippen molar-refractivity contribution in [2.75, 3.05) is 0 Å². The van der Waals surface area contributed by atoms with Crippen LogP contribution in [0.25, 0.3) is 0 Å². The van der Waals surface area contributed by atoms with Crippen LogP contribution < -0.4 is 5.73 Å². The van der Waals surface area contributed by atoms with Gasteiger partial charge in [0.25, 0.3) is 0 Å². The average Bonchev–Trinajstić information content (AvgIpc) is 2.74. The molecule has 0 radical (unpaired) electrons. The van der Waals surface area contributed by atoms with E-state index in [-0.39, 0.29) is 5.54 Å². The van der Waals surface area contributed by atoms with Gasteiger partial charge < -0.3 is 5.73 Å². The zero-order chi connectivity index (χ0) is 10.3. The van der Waals surface area contributed by atoms with Crippen molar-refractivity contribution in [2.24, 2.45) is 5.73 Å². The lowest BCUT2D eigenvalue weighted by Crippen LogP contribution is -2.21. The van der Waals surface area contributed by atoms with E-state index in [1.54, 1.807) is 0 Å². The van der Waals surface area contributed by atoms with Gasteiger partial charge in [0.05, 0.1) is 6.20 Å². The smallest absolute Gasteiger partial charge is 0.0543 e. The van der Waals surface area contributed by atoms with Gasteiger partial charge in [0.1, 0.15) is 0 Å². The summed E-state index contributed by atoms with van der Waals surface area (Å²) in [5.74, 6) is 0.508. The first kappa shape index (κ1) is 9.71. The summed E-state index contributed by atoms with van der Waals surface area (Å²) in [5, 5.41) is 4.40. The monoisotopic (exact) mass is 193 g/mol. The zero-order valence-electron chi connectivity index (χ0n) is 9.25. The van der Waals surface area contributed by atoms with Gasteiger partial charge in [0.2, 0.25) is 0 Å². The number of hydrogen-bond donors (Lipinski definition) is 1. The van der Waals surface area contributed by atoms with Gasteiger partial charge in [-0.05, 0) is 25.7 Å². The molecule has 1 aliphatic rings. The molecule has 0 amide bonds. The van der Waals surface area contributed by atoms with Gasteiger partial charge in [-0.1, -0.05) is 13.8 Å². The average molecular weight is 193 g/mol. The molecule has 1 fully saturated rings. The molecule has 0 aliphatic heterocycles. The van der Waals surface area contributed by atoms with Gasteiger partial charge in [-0.15, -0.1) is 0 Å². The van der Waals surface area contributed by atoms with Crippen LogP contribution in [0.15, 0.2) is 6.20 Å². The molecule has 2 N–H and O–H groups in total. The second kappa shape index (κ2) is 3.09. The summed E-state index contributed by atoms with van der Waals surface area (Å²) >= 11 is 0. The molecule has 1 aromatic heterocycles. The Morgan fingerprint density at radius 3 is 2.64 bits per heavy atom. The third kappa shape index (κ3) is 1.36. The fourth-order valence-electron chi connectivity index (χ4n) is 2.04. The number of aromatic nitrogens is 2. The summed E-state index contributed by atoms with van der Waals surface area (Å²) in [6.07, 6.45) is 4.19. The third-order valence-corrected chi connectivity index (χ3v) is 3.05. The van der Waals surface area contributed by atoms with Crippen LogP contribution >= 0.6 is 0 Å². The molecule has 3 heteroatoms. The third-order valence-electron chi connectivity index (χ3n) is 3.05. The van der Waals surface area contributed by atoms with Crippen molar-refractivity contribution in [2.45, 2.75) is 51.6 Å². The molecule has 0 saturated heterocycles. The van der Waals surface area contributed by atoms with Crippen molar-refractivity contribution in [3.05, 3.63) is 17.5 Å². The Morgan fingerprint density at radius 1 is 1.57 bits per heavy atom. The van der Waals surface area contributed by atoms with Gasteiger partial charge in [0, 0.05) is 23.3 Å². The normalized spacial score (nSPS) is 18.9. The first-order valence-electron chi connectivity index (χ1n) is 5.43. The van der Waals surface area contributed by atoms with E-state index in [4.69, 9.17) is 5.73 Å². The predicted molar refractivity (Wildman–Crippen MR) is 57.1 cm³/mol.